The minimum absolute atomic E-state index is 0.356. The minimum Gasteiger partial charge on any atom is -0.378 e. The topological polar surface area (TPSA) is 43.6 Å². The van der Waals surface area contributed by atoms with E-state index in [1.54, 1.807) is 11.5 Å². The molecule has 0 unspecified atom stereocenters. The van der Waals surface area contributed by atoms with Gasteiger partial charge in [-0.25, -0.2) is 4.98 Å². The molecule has 78 valence electrons. The van der Waals surface area contributed by atoms with Gasteiger partial charge in [0, 0.05) is 13.3 Å². The lowest BCUT2D eigenvalue weighted by atomic mass is 10.3. The normalized spacial score (nSPS) is 10.8. The van der Waals surface area contributed by atoms with Crippen LogP contribution in [0.3, 0.4) is 0 Å². The molecule has 0 aliphatic heterocycles. The van der Waals surface area contributed by atoms with E-state index in [2.05, 4.69) is 4.98 Å². The number of imidazole rings is 1. The number of aryl methyl sites for hydroxylation is 1. The summed E-state index contributed by atoms with van der Waals surface area (Å²) in [6, 6.07) is 3.86. The highest BCUT2D eigenvalue weighted by atomic mass is 16.5. The highest BCUT2D eigenvalue weighted by molar-refractivity contribution is 5.76. The van der Waals surface area contributed by atoms with E-state index in [0.717, 1.165) is 17.5 Å². The van der Waals surface area contributed by atoms with Crippen molar-refractivity contribution in [1.29, 1.82) is 0 Å². The van der Waals surface area contributed by atoms with E-state index in [9.17, 15) is 4.79 Å². The Kier molecular flexibility index (Phi) is 2.51. The standard InChI is InChI=1S/C11H12N2O2/c1-8-4-3-5-13-10(6-14)9(7-15-2)12-11(8)13/h3-6H,7H2,1-2H3. The number of aldehydes is 1. The fourth-order valence-electron chi connectivity index (χ4n) is 1.64. The number of hydrogen-bond acceptors (Lipinski definition) is 3. The molecule has 2 rings (SSSR count). The zero-order valence-electron chi connectivity index (χ0n) is 8.73. The number of carbonyl (C=O) groups is 1. The highest BCUT2D eigenvalue weighted by Gasteiger charge is 2.11. The van der Waals surface area contributed by atoms with Gasteiger partial charge in [-0.1, -0.05) is 6.07 Å². The molecular formula is C11H12N2O2. The highest BCUT2D eigenvalue weighted by Crippen LogP contribution is 2.14. The molecule has 0 aromatic carbocycles. The molecular weight excluding hydrogens is 192 g/mol. The first-order valence-corrected chi connectivity index (χ1v) is 4.68. The van der Waals surface area contributed by atoms with Crippen LogP contribution in [0, 0.1) is 6.92 Å². The maximum atomic E-state index is 11.0. The third-order valence-corrected chi connectivity index (χ3v) is 2.35. The van der Waals surface area contributed by atoms with Crippen molar-refractivity contribution in [3.05, 3.63) is 35.3 Å². The summed E-state index contributed by atoms with van der Waals surface area (Å²) in [7, 11) is 1.59. The summed E-state index contributed by atoms with van der Waals surface area (Å²) in [5, 5.41) is 0. The first kappa shape index (κ1) is 9.86. The predicted octanol–water partition coefficient (Wildman–Crippen LogP) is 1.60. The second-order valence-corrected chi connectivity index (χ2v) is 3.38. The molecule has 0 atom stereocenters. The van der Waals surface area contributed by atoms with Gasteiger partial charge in [-0.05, 0) is 18.6 Å². The second-order valence-electron chi connectivity index (χ2n) is 3.38. The number of nitrogens with zero attached hydrogens (tertiary/aromatic N) is 2. The van der Waals surface area contributed by atoms with Crippen LogP contribution in [-0.2, 0) is 11.3 Å². The summed E-state index contributed by atoms with van der Waals surface area (Å²) in [5.41, 5.74) is 3.10. The quantitative estimate of drug-likeness (QED) is 0.713. The van der Waals surface area contributed by atoms with Crippen LogP contribution in [0.4, 0.5) is 0 Å². The molecule has 15 heavy (non-hydrogen) atoms. The summed E-state index contributed by atoms with van der Waals surface area (Å²) < 4.78 is 6.79. The molecule has 0 amide bonds. The van der Waals surface area contributed by atoms with Crippen molar-refractivity contribution >= 4 is 11.9 Å². The number of methoxy groups -OCH3 is 1. The van der Waals surface area contributed by atoms with E-state index in [-0.39, 0.29) is 0 Å². The van der Waals surface area contributed by atoms with Crippen LogP contribution in [0.5, 0.6) is 0 Å². The molecule has 4 nitrogen and oxygen atoms in total. The third-order valence-electron chi connectivity index (χ3n) is 2.35. The molecule has 0 spiro atoms. The van der Waals surface area contributed by atoms with Gasteiger partial charge in [-0.2, -0.15) is 0 Å². The Balaban J connectivity index is 2.72. The monoisotopic (exact) mass is 204 g/mol. The number of rotatable bonds is 3. The van der Waals surface area contributed by atoms with Gasteiger partial charge >= 0.3 is 0 Å². The zero-order chi connectivity index (χ0) is 10.8. The van der Waals surface area contributed by atoms with E-state index in [4.69, 9.17) is 4.74 Å². The number of aromatic nitrogens is 2. The van der Waals surface area contributed by atoms with Crippen LogP contribution in [0.2, 0.25) is 0 Å². The van der Waals surface area contributed by atoms with Crippen molar-refractivity contribution in [3.8, 4) is 0 Å². The van der Waals surface area contributed by atoms with E-state index < -0.39 is 0 Å². The van der Waals surface area contributed by atoms with E-state index in [1.165, 1.54) is 0 Å². The summed E-state index contributed by atoms with van der Waals surface area (Å²) >= 11 is 0. The lowest BCUT2D eigenvalue weighted by Gasteiger charge is -1.97. The van der Waals surface area contributed by atoms with E-state index in [1.807, 2.05) is 25.3 Å². The first-order valence-electron chi connectivity index (χ1n) is 4.68. The van der Waals surface area contributed by atoms with Crippen LogP contribution in [-0.4, -0.2) is 22.8 Å². The van der Waals surface area contributed by atoms with Crippen LogP contribution in [0.15, 0.2) is 18.3 Å². The van der Waals surface area contributed by atoms with Crippen molar-refractivity contribution in [3.63, 3.8) is 0 Å². The summed E-state index contributed by atoms with van der Waals surface area (Å²) in [6.07, 6.45) is 2.64. The molecule has 2 aromatic rings. The number of hydrogen-bond donors (Lipinski definition) is 0. The van der Waals surface area contributed by atoms with Gasteiger partial charge in [0.1, 0.15) is 11.3 Å². The molecule has 2 aromatic heterocycles. The fraction of sp³-hybridized carbons (Fsp3) is 0.273. The van der Waals surface area contributed by atoms with E-state index >= 15 is 0 Å². The Hall–Kier alpha value is -1.68. The Morgan fingerprint density at radius 2 is 2.40 bits per heavy atom. The van der Waals surface area contributed by atoms with Crippen molar-refractivity contribution in [2.75, 3.05) is 7.11 Å². The van der Waals surface area contributed by atoms with Crippen molar-refractivity contribution in [2.24, 2.45) is 0 Å². The summed E-state index contributed by atoms with van der Waals surface area (Å²) in [5.74, 6) is 0. The van der Waals surface area contributed by atoms with Gasteiger partial charge in [-0.3, -0.25) is 9.20 Å². The smallest absolute Gasteiger partial charge is 0.168 e. The maximum Gasteiger partial charge on any atom is 0.168 e. The van der Waals surface area contributed by atoms with Crippen molar-refractivity contribution in [1.82, 2.24) is 9.38 Å². The summed E-state index contributed by atoms with van der Waals surface area (Å²) in [4.78, 5) is 15.4. The Labute approximate surface area is 87.5 Å². The third kappa shape index (κ3) is 1.53. The second kappa shape index (κ2) is 3.82. The average molecular weight is 204 g/mol. The molecule has 2 heterocycles. The zero-order valence-corrected chi connectivity index (χ0v) is 8.73. The van der Waals surface area contributed by atoms with Gasteiger partial charge in [0.05, 0.1) is 12.3 Å². The maximum absolute atomic E-state index is 11.0. The van der Waals surface area contributed by atoms with Crippen LogP contribution in [0.1, 0.15) is 21.7 Å². The molecule has 0 saturated heterocycles. The van der Waals surface area contributed by atoms with Crippen molar-refractivity contribution < 1.29 is 9.53 Å². The number of fused-ring (bicyclic) bond motifs is 1. The lowest BCUT2D eigenvalue weighted by Crippen LogP contribution is -1.96. The van der Waals surface area contributed by atoms with E-state index in [0.29, 0.717) is 18.0 Å². The largest absolute Gasteiger partial charge is 0.378 e. The molecule has 0 bridgehead atoms. The number of ether oxygens (including phenoxy) is 1. The van der Waals surface area contributed by atoms with Gasteiger partial charge in [0.25, 0.3) is 0 Å². The van der Waals surface area contributed by atoms with Gasteiger partial charge in [-0.15, -0.1) is 0 Å². The van der Waals surface area contributed by atoms with Crippen LogP contribution < -0.4 is 0 Å². The lowest BCUT2D eigenvalue weighted by molar-refractivity contribution is 0.111. The molecule has 0 N–H and O–H groups in total. The molecule has 0 fully saturated rings. The molecule has 0 saturated carbocycles. The Morgan fingerprint density at radius 3 is 3.07 bits per heavy atom. The Morgan fingerprint density at radius 1 is 1.60 bits per heavy atom. The van der Waals surface area contributed by atoms with Gasteiger partial charge in [0.2, 0.25) is 0 Å². The predicted molar refractivity (Wildman–Crippen MR) is 56.0 cm³/mol. The first-order chi connectivity index (χ1) is 7.27. The van der Waals surface area contributed by atoms with Gasteiger partial charge in [0.15, 0.2) is 6.29 Å². The minimum atomic E-state index is 0.356. The number of pyridine rings is 1. The van der Waals surface area contributed by atoms with Gasteiger partial charge < -0.3 is 4.74 Å². The average Bonchev–Trinajstić information content (AvgIpc) is 2.58. The number of carbonyl (C=O) groups excluding carboxylic acids is 1. The molecule has 4 heteroatoms. The SMILES string of the molecule is COCc1nc2c(C)cccn2c1C=O. The molecule has 0 radical (unpaired) electrons. The van der Waals surface area contributed by atoms with Crippen LogP contribution >= 0.6 is 0 Å². The Bertz CT molecular complexity index is 503. The molecule has 0 aliphatic carbocycles. The van der Waals surface area contributed by atoms with Crippen molar-refractivity contribution in [2.45, 2.75) is 13.5 Å². The summed E-state index contributed by atoms with van der Waals surface area (Å²) in [6.45, 7) is 2.32. The molecule has 0 aliphatic rings. The van der Waals surface area contributed by atoms with Crippen LogP contribution in [0.25, 0.3) is 5.65 Å². The fourth-order valence-corrected chi connectivity index (χ4v) is 1.64.